The Morgan fingerprint density at radius 3 is 2.82 bits per heavy atom. The van der Waals surface area contributed by atoms with Gasteiger partial charge in [0.1, 0.15) is 5.82 Å². The number of carbonyl (C=O) groups excluding carboxylic acids is 1. The third-order valence-electron chi connectivity index (χ3n) is 3.84. The molecule has 1 aromatic rings. The van der Waals surface area contributed by atoms with Gasteiger partial charge in [-0.1, -0.05) is 19.1 Å². The van der Waals surface area contributed by atoms with Gasteiger partial charge in [0.15, 0.2) is 0 Å². The molecule has 0 saturated heterocycles. The highest BCUT2D eigenvalue weighted by atomic mass is 19.1. The molecule has 4 atom stereocenters. The molecule has 1 aromatic carbocycles. The van der Waals surface area contributed by atoms with E-state index >= 15 is 0 Å². The van der Waals surface area contributed by atoms with Gasteiger partial charge < -0.3 is 5.32 Å². The lowest BCUT2D eigenvalue weighted by Crippen LogP contribution is -2.28. The van der Waals surface area contributed by atoms with E-state index in [1.54, 1.807) is 12.1 Å². The summed E-state index contributed by atoms with van der Waals surface area (Å²) < 4.78 is 13.0. The van der Waals surface area contributed by atoms with Crippen LogP contribution in [0.3, 0.4) is 0 Å². The van der Waals surface area contributed by atoms with Crippen molar-refractivity contribution in [2.45, 2.75) is 31.7 Å². The van der Waals surface area contributed by atoms with Crippen LogP contribution in [-0.2, 0) is 4.79 Å². The first-order valence-corrected chi connectivity index (χ1v) is 6.21. The molecule has 0 heterocycles. The number of amides is 1. The summed E-state index contributed by atoms with van der Waals surface area (Å²) in [5.41, 5.74) is 0.999. The normalized spacial score (nSPS) is 34.2. The van der Waals surface area contributed by atoms with Gasteiger partial charge in [-0.25, -0.2) is 4.39 Å². The van der Waals surface area contributed by atoms with Crippen LogP contribution in [0.5, 0.6) is 0 Å². The standard InChI is InChI=1S/C14H16FNO/c1-8-5-11(8)14(17)16-13-7-12(13)9-3-2-4-10(15)6-9/h2-4,6,8,11-13H,5,7H2,1H3,(H,16,17)/t8-,11+,12-,13-/m1/s1. The molecule has 0 aliphatic heterocycles. The van der Waals surface area contributed by atoms with E-state index < -0.39 is 0 Å². The zero-order valence-corrected chi connectivity index (χ0v) is 9.82. The average Bonchev–Trinajstić information content (AvgIpc) is 3.16. The fourth-order valence-corrected chi connectivity index (χ4v) is 2.44. The summed E-state index contributed by atoms with van der Waals surface area (Å²) in [5, 5.41) is 3.05. The fraction of sp³-hybridized carbons (Fsp3) is 0.500. The SMILES string of the molecule is C[C@@H]1C[C@@H]1C(=O)N[C@@H]1C[C@@H]1c1cccc(F)c1. The molecule has 0 aromatic heterocycles. The maximum absolute atomic E-state index is 13.0. The second kappa shape index (κ2) is 3.83. The molecule has 1 amide bonds. The van der Waals surface area contributed by atoms with Gasteiger partial charge >= 0.3 is 0 Å². The van der Waals surface area contributed by atoms with Gasteiger partial charge in [-0.2, -0.15) is 0 Å². The van der Waals surface area contributed by atoms with Gasteiger partial charge in [-0.3, -0.25) is 4.79 Å². The fourth-order valence-electron chi connectivity index (χ4n) is 2.44. The van der Waals surface area contributed by atoms with E-state index in [0.717, 1.165) is 18.4 Å². The molecule has 0 radical (unpaired) electrons. The summed E-state index contributed by atoms with van der Waals surface area (Å²) >= 11 is 0. The monoisotopic (exact) mass is 233 g/mol. The van der Waals surface area contributed by atoms with Crippen molar-refractivity contribution in [2.24, 2.45) is 11.8 Å². The van der Waals surface area contributed by atoms with Crippen molar-refractivity contribution in [3.8, 4) is 0 Å². The Kier molecular flexibility index (Phi) is 2.42. The number of halogens is 1. The zero-order valence-electron chi connectivity index (χ0n) is 9.82. The zero-order chi connectivity index (χ0) is 12.0. The minimum atomic E-state index is -0.199. The van der Waals surface area contributed by atoms with Crippen molar-refractivity contribution in [1.82, 2.24) is 5.32 Å². The van der Waals surface area contributed by atoms with E-state index in [-0.39, 0.29) is 23.7 Å². The number of hydrogen-bond donors (Lipinski definition) is 1. The van der Waals surface area contributed by atoms with Crippen LogP contribution in [0.1, 0.15) is 31.2 Å². The molecule has 2 fully saturated rings. The Labute approximate surface area is 100 Å². The van der Waals surface area contributed by atoms with E-state index in [0.29, 0.717) is 11.8 Å². The van der Waals surface area contributed by atoms with Gasteiger partial charge in [-0.15, -0.1) is 0 Å². The molecular formula is C14H16FNO. The van der Waals surface area contributed by atoms with E-state index in [4.69, 9.17) is 0 Å². The molecule has 3 rings (SSSR count). The van der Waals surface area contributed by atoms with Crippen LogP contribution in [0.4, 0.5) is 4.39 Å². The third-order valence-corrected chi connectivity index (χ3v) is 3.84. The van der Waals surface area contributed by atoms with E-state index in [1.165, 1.54) is 6.07 Å². The Bertz CT molecular complexity index is 459. The highest BCUT2D eigenvalue weighted by Gasteiger charge is 2.44. The Morgan fingerprint density at radius 2 is 2.18 bits per heavy atom. The van der Waals surface area contributed by atoms with Gasteiger partial charge in [0.2, 0.25) is 5.91 Å². The van der Waals surface area contributed by atoms with Crippen molar-refractivity contribution in [3.05, 3.63) is 35.6 Å². The first-order valence-electron chi connectivity index (χ1n) is 6.21. The maximum Gasteiger partial charge on any atom is 0.223 e. The Morgan fingerprint density at radius 1 is 1.41 bits per heavy atom. The van der Waals surface area contributed by atoms with Crippen molar-refractivity contribution in [3.63, 3.8) is 0 Å². The van der Waals surface area contributed by atoms with Crippen LogP contribution >= 0.6 is 0 Å². The maximum atomic E-state index is 13.0. The lowest BCUT2D eigenvalue weighted by molar-refractivity contribution is -0.122. The topological polar surface area (TPSA) is 29.1 Å². The summed E-state index contributed by atoms with van der Waals surface area (Å²) in [5.74, 6) is 1.06. The van der Waals surface area contributed by atoms with Crippen molar-refractivity contribution < 1.29 is 9.18 Å². The molecule has 17 heavy (non-hydrogen) atoms. The molecule has 3 heteroatoms. The molecular weight excluding hydrogens is 217 g/mol. The summed E-state index contributed by atoms with van der Waals surface area (Å²) in [6.45, 7) is 2.10. The summed E-state index contributed by atoms with van der Waals surface area (Å²) in [7, 11) is 0. The predicted octanol–water partition coefficient (Wildman–Crippen LogP) is 2.45. The minimum absolute atomic E-state index is 0.182. The smallest absolute Gasteiger partial charge is 0.223 e. The third kappa shape index (κ3) is 2.19. The predicted molar refractivity (Wildman–Crippen MR) is 63.0 cm³/mol. The molecule has 2 aliphatic carbocycles. The van der Waals surface area contributed by atoms with Crippen LogP contribution in [0.15, 0.2) is 24.3 Å². The lowest BCUT2D eigenvalue weighted by atomic mass is 10.1. The number of carbonyl (C=O) groups is 1. The second-order valence-electron chi connectivity index (χ2n) is 5.33. The molecule has 1 N–H and O–H groups in total. The van der Waals surface area contributed by atoms with Crippen molar-refractivity contribution >= 4 is 5.91 Å². The first-order chi connectivity index (χ1) is 8.15. The molecule has 0 bridgehead atoms. The van der Waals surface area contributed by atoms with Gasteiger partial charge in [0.25, 0.3) is 0 Å². The Hall–Kier alpha value is -1.38. The molecule has 2 aliphatic rings. The lowest BCUT2D eigenvalue weighted by Gasteiger charge is -2.04. The highest BCUT2D eigenvalue weighted by molar-refractivity contribution is 5.82. The first kappa shape index (κ1) is 10.8. The van der Waals surface area contributed by atoms with Crippen LogP contribution in [0.25, 0.3) is 0 Å². The number of benzene rings is 1. The summed E-state index contributed by atoms with van der Waals surface area (Å²) in [4.78, 5) is 11.7. The van der Waals surface area contributed by atoms with Crippen LogP contribution < -0.4 is 5.32 Å². The van der Waals surface area contributed by atoms with Crippen LogP contribution in [0, 0.1) is 17.7 Å². The molecule has 0 unspecified atom stereocenters. The van der Waals surface area contributed by atoms with Gasteiger partial charge in [-0.05, 0) is 36.5 Å². The molecule has 2 nitrogen and oxygen atoms in total. The summed E-state index contributed by atoms with van der Waals surface area (Å²) in [6.07, 6.45) is 1.96. The Balaban J connectivity index is 1.58. The summed E-state index contributed by atoms with van der Waals surface area (Å²) in [6, 6.07) is 6.89. The molecule has 0 spiro atoms. The van der Waals surface area contributed by atoms with E-state index in [2.05, 4.69) is 12.2 Å². The van der Waals surface area contributed by atoms with Crippen molar-refractivity contribution in [2.75, 3.05) is 0 Å². The van der Waals surface area contributed by atoms with Gasteiger partial charge in [0.05, 0.1) is 0 Å². The largest absolute Gasteiger partial charge is 0.352 e. The molecule has 90 valence electrons. The van der Waals surface area contributed by atoms with Gasteiger partial charge in [0, 0.05) is 17.9 Å². The second-order valence-corrected chi connectivity index (χ2v) is 5.33. The number of hydrogen-bond acceptors (Lipinski definition) is 1. The minimum Gasteiger partial charge on any atom is -0.352 e. The quantitative estimate of drug-likeness (QED) is 0.853. The van der Waals surface area contributed by atoms with Crippen LogP contribution in [0.2, 0.25) is 0 Å². The van der Waals surface area contributed by atoms with E-state index in [1.807, 2.05) is 6.07 Å². The van der Waals surface area contributed by atoms with Crippen molar-refractivity contribution in [1.29, 1.82) is 0 Å². The average molecular weight is 233 g/mol. The number of rotatable bonds is 3. The van der Waals surface area contributed by atoms with Crippen LogP contribution in [-0.4, -0.2) is 11.9 Å². The van der Waals surface area contributed by atoms with E-state index in [9.17, 15) is 9.18 Å². The highest BCUT2D eigenvalue weighted by Crippen LogP contribution is 2.43. The molecule has 2 saturated carbocycles. The number of nitrogens with one attached hydrogen (secondary N) is 1.